The first-order valence-corrected chi connectivity index (χ1v) is 10.3. The molecule has 142 valence electrons. The average molecular weight is 377 g/mol. The Labute approximate surface area is 159 Å². The van der Waals surface area contributed by atoms with Crippen LogP contribution in [0.2, 0.25) is 0 Å². The number of allylic oxidation sites excluding steroid dienone is 2. The molecule has 0 radical (unpaired) electrons. The summed E-state index contributed by atoms with van der Waals surface area (Å²) >= 11 is 1.58. The predicted octanol–water partition coefficient (Wildman–Crippen LogP) is 4.87. The first-order valence-electron chi connectivity index (χ1n) is 9.09. The third-order valence-electron chi connectivity index (χ3n) is 4.48. The van der Waals surface area contributed by atoms with Crippen molar-refractivity contribution in [3.05, 3.63) is 34.2 Å². The molecule has 1 atom stereocenters. The summed E-state index contributed by atoms with van der Waals surface area (Å²) in [7, 11) is 0. The molecule has 0 spiro atoms. The lowest BCUT2D eigenvalue weighted by molar-refractivity contribution is -0.116. The highest BCUT2D eigenvalue weighted by atomic mass is 32.2. The number of aliphatic hydroxyl groups is 1. The van der Waals surface area contributed by atoms with Gasteiger partial charge < -0.3 is 9.94 Å². The van der Waals surface area contributed by atoms with Gasteiger partial charge in [0.25, 0.3) is 0 Å². The maximum atomic E-state index is 12.9. The van der Waals surface area contributed by atoms with E-state index in [1.54, 1.807) is 11.8 Å². The van der Waals surface area contributed by atoms with Crippen LogP contribution in [0.3, 0.4) is 0 Å². The first kappa shape index (κ1) is 20.5. The second kappa shape index (κ2) is 9.21. The minimum Gasteiger partial charge on any atom is -0.511 e. The van der Waals surface area contributed by atoms with Crippen molar-refractivity contribution in [2.75, 3.05) is 12.9 Å². The van der Waals surface area contributed by atoms with Gasteiger partial charge in [0, 0.05) is 24.5 Å². The number of thioether (sulfide) groups is 1. The first-order chi connectivity index (χ1) is 12.4. The molecule has 1 aliphatic rings. The lowest BCUT2D eigenvalue weighted by Gasteiger charge is -2.26. The third-order valence-corrected chi connectivity index (χ3v) is 5.18. The van der Waals surface area contributed by atoms with Crippen LogP contribution < -0.4 is 0 Å². The molecule has 0 saturated heterocycles. The summed E-state index contributed by atoms with van der Waals surface area (Å²) in [5.74, 6) is -0.0142. The smallest absolute Gasteiger partial charge is 0.168 e. The Bertz CT molecular complexity index is 741. The van der Waals surface area contributed by atoms with Crippen molar-refractivity contribution in [3.8, 4) is 0 Å². The number of carbonyl (C=O) groups is 1. The Morgan fingerprint density at radius 1 is 1.38 bits per heavy atom. The Kier molecular flexibility index (Phi) is 7.26. The van der Waals surface area contributed by atoms with Crippen LogP contribution in [0.15, 0.2) is 27.6 Å². The van der Waals surface area contributed by atoms with Gasteiger partial charge >= 0.3 is 0 Å². The number of aryl methyl sites for hydroxylation is 2. The lowest BCUT2D eigenvalue weighted by atomic mass is 9.80. The molecule has 0 bridgehead atoms. The van der Waals surface area contributed by atoms with Gasteiger partial charge in [0.15, 0.2) is 5.78 Å². The average Bonchev–Trinajstić information content (AvgIpc) is 2.58. The molecular weight excluding hydrogens is 348 g/mol. The van der Waals surface area contributed by atoms with Gasteiger partial charge in [-0.15, -0.1) is 11.8 Å². The Morgan fingerprint density at radius 3 is 2.69 bits per heavy atom. The lowest BCUT2D eigenvalue weighted by Crippen LogP contribution is -2.25. The maximum absolute atomic E-state index is 12.9. The van der Waals surface area contributed by atoms with E-state index in [-0.39, 0.29) is 17.5 Å². The van der Waals surface area contributed by atoms with Crippen LogP contribution in [0.1, 0.15) is 62.3 Å². The number of ketones is 1. The van der Waals surface area contributed by atoms with Crippen LogP contribution in [-0.4, -0.2) is 34.4 Å². The number of carbonyl (C=O) groups excluding carboxylic acids is 1. The quantitative estimate of drug-likeness (QED) is 0.417. The van der Waals surface area contributed by atoms with Crippen LogP contribution in [-0.2, 0) is 9.63 Å². The SMILES string of the molecule is CCCC(=NOCC)C1=C(O)CC(c2c(C)cc(C)nc2SC)CC1=O. The van der Waals surface area contributed by atoms with E-state index in [4.69, 9.17) is 4.84 Å². The second-order valence-electron chi connectivity index (χ2n) is 6.56. The van der Waals surface area contributed by atoms with Gasteiger partial charge in [-0.1, -0.05) is 18.5 Å². The number of nitrogens with zero attached hydrogens (tertiary/aromatic N) is 2. The molecule has 26 heavy (non-hydrogen) atoms. The number of hydrogen-bond donors (Lipinski definition) is 1. The molecule has 0 amide bonds. The normalized spacial score (nSPS) is 18.4. The van der Waals surface area contributed by atoms with Gasteiger partial charge in [-0.25, -0.2) is 4.98 Å². The zero-order valence-corrected chi connectivity index (χ0v) is 17.1. The van der Waals surface area contributed by atoms with Crippen LogP contribution >= 0.6 is 11.8 Å². The van der Waals surface area contributed by atoms with E-state index < -0.39 is 0 Å². The summed E-state index contributed by atoms with van der Waals surface area (Å²) in [6, 6.07) is 2.04. The molecule has 0 aromatic carbocycles. The van der Waals surface area contributed by atoms with Crippen molar-refractivity contribution in [2.45, 2.75) is 64.3 Å². The monoisotopic (exact) mass is 376 g/mol. The van der Waals surface area contributed by atoms with Crippen molar-refractivity contribution in [2.24, 2.45) is 5.16 Å². The maximum Gasteiger partial charge on any atom is 0.168 e. The molecule has 1 unspecified atom stereocenters. The highest BCUT2D eigenvalue weighted by molar-refractivity contribution is 7.98. The van der Waals surface area contributed by atoms with E-state index in [0.717, 1.165) is 28.3 Å². The number of oxime groups is 1. The molecule has 1 aliphatic carbocycles. The van der Waals surface area contributed by atoms with Gasteiger partial charge in [-0.05, 0) is 50.6 Å². The van der Waals surface area contributed by atoms with Gasteiger partial charge in [-0.3, -0.25) is 4.79 Å². The second-order valence-corrected chi connectivity index (χ2v) is 7.35. The summed E-state index contributed by atoms with van der Waals surface area (Å²) in [5, 5.41) is 15.7. The predicted molar refractivity (Wildman–Crippen MR) is 106 cm³/mol. The van der Waals surface area contributed by atoms with Gasteiger partial charge in [0.05, 0.1) is 16.3 Å². The van der Waals surface area contributed by atoms with Crippen LogP contribution in [0.5, 0.6) is 0 Å². The van der Waals surface area contributed by atoms with E-state index in [1.165, 1.54) is 0 Å². The Morgan fingerprint density at radius 2 is 2.12 bits per heavy atom. The molecule has 5 nitrogen and oxygen atoms in total. The number of Topliss-reactive ketones (excluding diaryl/α,β-unsaturated/α-hetero) is 1. The molecule has 1 heterocycles. The summed E-state index contributed by atoms with van der Waals surface area (Å²) in [5.41, 5.74) is 4.06. The summed E-state index contributed by atoms with van der Waals surface area (Å²) < 4.78 is 0. The highest BCUT2D eigenvalue weighted by Gasteiger charge is 2.33. The molecule has 1 N–H and O–H groups in total. The third kappa shape index (κ3) is 4.47. The minimum absolute atomic E-state index is 0.0585. The number of aliphatic hydroxyl groups excluding tert-OH is 1. The fourth-order valence-corrected chi connectivity index (χ4v) is 4.27. The molecule has 0 fully saturated rings. The fourth-order valence-electron chi connectivity index (χ4n) is 3.49. The van der Waals surface area contributed by atoms with E-state index in [0.29, 0.717) is 37.2 Å². The zero-order valence-electron chi connectivity index (χ0n) is 16.3. The zero-order chi connectivity index (χ0) is 19.3. The van der Waals surface area contributed by atoms with Crippen molar-refractivity contribution >= 4 is 23.3 Å². The van der Waals surface area contributed by atoms with Crippen molar-refractivity contribution < 1.29 is 14.7 Å². The van der Waals surface area contributed by atoms with Crippen LogP contribution in [0, 0.1) is 13.8 Å². The van der Waals surface area contributed by atoms with E-state index in [2.05, 4.69) is 10.1 Å². The minimum atomic E-state index is -0.0716. The van der Waals surface area contributed by atoms with Gasteiger partial charge in [0.1, 0.15) is 12.4 Å². The van der Waals surface area contributed by atoms with E-state index in [1.807, 2.05) is 40.0 Å². The summed E-state index contributed by atoms with van der Waals surface area (Å²) in [6.45, 7) is 8.31. The number of rotatable bonds is 7. The Balaban J connectivity index is 2.41. The molecule has 1 aromatic heterocycles. The van der Waals surface area contributed by atoms with Crippen LogP contribution in [0.4, 0.5) is 0 Å². The van der Waals surface area contributed by atoms with Crippen molar-refractivity contribution in [1.29, 1.82) is 0 Å². The molecule has 1 aromatic rings. The largest absolute Gasteiger partial charge is 0.511 e. The molecule has 0 saturated carbocycles. The molecular formula is C20H28N2O3S. The fraction of sp³-hybridized carbons (Fsp3) is 0.550. The van der Waals surface area contributed by atoms with Gasteiger partial charge in [0.2, 0.25) is 0 Å². The number of aromatic nitrogens is 1. The van der Waals surface area contributed by atoms with E-state index >= 15 is 0 Å². The standard InChI is InChI=1S/C20H28N2O3S/c1-6-8-15(22-25-7-2)19-16(23)10-14(11-17(19)24)18-12(3)9-13(4)21-20(18)26-5/h9,14,23H,6-8,10-11H2,1-5H3. The topological polar surface area (TPSA) is 71.8 Å². The number of pyridine rings is 1. The molecule has 2 rings (SSSR count). The summed E-state index contributed by atoms with van der Waals surface area (Å²) in [6.07, 6.45) is 4.21. The molecule has 0 aliphatic heterocycles. The van der Waals surface area contributed by atoms with Crippen molar-refractivity contribution in [1.82, 2.24) is 4.98 Å². The molecule has 6 heteroatoms. The van der Waals surface area contributed by atoms with Crippen LogP contribution in [0.25, 0.3) is 0 Å². The highest BCUT2D eigenvalue weighted by Crippen LogP contribution is 2.39. The van der Waals surface area contributed by atoms with Crippen molar-refractivity contribution in [3.63, 3.8) is 0 Å². The van der Waals surface area contributed by atoms with Gasteiger partial charge in [-0.2, -0.15) is 0 Å². The Hall–Kier alpha value is -1.82. The summed E-state index contributed by atoms with van der Waals surface area (Å²) in [4.78, 5) is 22.6. The number of hydrogen-bond acceptors (Lipinski definition) is 6. The van der Waals surface area contributed by atoms with E-state index in [9.17, 15) is 9.90 Å².